The van der Waals surface area contributed by atoms with Crippen molar-refractivity contribution in [2.24, 2.45) is 5.92 Å². The average Bonchev–Trinajstić information content (AvgIpc) is 3.18. The van der Waals surface area contributed by atoms with Gasteiger partial charge in [0.25, 0.3) is 0 Å². The van der Waals surface area contributed by atoms with Crippen molar-refractivity contribution >= 4 is 38.4 Å². The van der Waals surface area contributed by atoms with Crippen LogP contribution in [-0.4, -0.2) is 43.2 Å². The van der Waals surface area contributed by atoms with Gasteiger partial charge in [-0.3, -0.25) is 4.79 Å². The number of fused-ring (bicyclic) bond motifs is 1. The number of nitrogens with one attached hydrogen (secondary N) is 1. The molecule has 0 unspecified atom stereocenters. The van der Waals surface area contributed by atoms with Crippen molar-refractivity contribution in [2.45, 2.75) is 12.8 Å². The number of hydrogen-bond acceptors (Lipinski definition) is 7. The zero-order valence-corrected chi connectivity index (χ0v) is 16.7. The zero-order chi connectivity index (χ0) is 19.5. The molecule has 1 aliphatic rings. The van der Waals surface area contributed by atoms with E-state index in [0.29, 0.717) is 23.7 Å². The van der Waals surface area contributed by atoms with Crippen LogP contribution in [-0.2, 0) is 4.79 Å². The first-order valence-corrected chi connectivity index (χ1v) is 9.99. The summed E-state index contributed by atoms with van der Waals surface area (Å²) in [4.78, 5) is 25.1. The monoisotopic (exact) mass is 398 g/mol. The Morgan fingerprint density at radius 2 is 2.18 bits per heavy atom. The summed E-state index contributed by atoms with van der Waals surface area (Å²) < 4.78 is 10.6. The highest BCUT2D eigenvalue weighted by atomic mass is 32.1. The molecule has 3 aromatic rings. The molecule has 7 nitrogen and oxygen atoms in total. The molecule has 1 amide bonds. The Bertz CT molecular complexity index is 957. The Balaban J connectivity index is 1.49. The van der Waals surface area contributed by atoms with Crippen molar-refractivity contribution in [1.82, 2.24) is 9.97 Å². The first kappa shape index (κ1) is 18.5. The van der Waals surface area contributed by atoms with Gasteiger partial charge >= 0.3 is 0 Å². The number of pyridine rings is 1. The maximum absolute atomic E-state index is 12.9. The van der Waals surface area contributed by atoms with Gasteiger partial charge in [-0.2, -0.15) is 0 Å². The molecular formula is C20H22N4O3S. The second-order valence-corrected chi connectivity index (χ2v) is 7.62. The van der Waals surface area contributed by atoms with Crippen molar-refractivity contribution in [2.75, 3.05) is 37.5 Å². The van der Waals surface area contributed by atoms with E-state index in [9.17, 15) is 4.79 Å². The van der Waals surface area contributed by atoms with Crippen molar-refractivity contribution in [3.63, 3.8) is 0 Å². The smallest absolute Gasteiger partial charge is 0.229 e. The quantitative estimate of drug-likeness (QED) is 0.708. The average molecular weight is 398 g/mol. The lowest BCUT2D eigenvalue weighted by atomic mass is 9.97. The third-order valence-electron chi connectivity index (χ3n) is 4.88. The minimum absolute atomic E-state index is 0.0181. The highest BCUT2D eigenvalue weighted by Gasteiger charge is 2.28. The molecule has 1 aromatic carbocycles. The maximum atomic E-state index is 12.9. The van der Waals surface area contributed by atoms with Gasteiger partial charge in [0, 0.05) is 25.4 Å². The molecule has 1 saturated heterocycles. The Morgan fingerprint density at radius 3 is 2.96 bits per heavy atom. The highest BCUT2D eigenvalue weighted by Crippen LogP contribution is 2.32. The molecule has 0 bridgehead atoms. The third kappa shape index (κ3) is 3.73. The zero-order valence-electron chi connectivity index (χ0n) is 15.8. The summed E-state index contributed by atoms with van der Waals surface area (Å²) in [5, 5.41) is 3.93. The Kier molecular flexibility index (Phi) is 5.29. The molecular weight excluding hydrogens is 376 g/mol. The lowest BCUT2D eigenvalue weighted by Gasteiger charge is -2.31. The Morgan fingerprint density at radius 1 is 1.29 bits per heavy atom. The first-order chi connectivity index (χ1) is 13.7. The van der Waals surface area contributed by atoms with Crippen LogP contribution in [0.4, 0.5) is 10.8 Å². The Labute approximate surface area is 167 Å². The van der Waals surface area contributed by atoms with E-state index in [2.05, 4.69) is 20.2 Å². The number of thiazole rings is 1. The van der Waals surface area contributed by atoms with Gasteiger partial charge in [0.2, 0.25) is 5.91 Å². The second kappa shape index (κ2) is 8.02. The van der Waals surface area contributed by atoms with Crippen LogP contribution in [0.15, 0.2) is 36.5 Å². The van der Waals surface area contributed by atoms with Crippen LogP contribution in [0.2, 0.25) is 0 Å². The Hall–Kier alpha value is -2.87. The highest BCUT2D eigenvalue weighted by molar-refractivity contribution is 7.21. The van der Waals surface area contributed by atoms with Gasteiger partial charge in [-0.05, 0) is 37.1 Å². The van der Waals surface area contributed by atoms with Crippen molar-refractivity contribution in [3.8, 4) is 11.5 Å². The standard InChI is InChI=1S/C20H22N4O3S/c1-26-14-7-8-17(27-2)16(11-14)22-18(25)13-5-4-10-24(12-13)20-23-15-6-3-9-21-19(15)28-20/h3,6-9,11,13H,4-5,10,12H2,1-2H3,(H,22,25)/t13-/m0/s1. The molecule has 3 heterocycles. The fourth-order valence-corrected chi connectivity index (χ4v) is 4.35. The molecule has 2 aromatic heterocycles. The largest absolute Gasteiger partial charge is 0.497 e. The second-order valence-electron chi connectivity index (χ2n) is 6.66. The van der Waals surface area contributed by atoms with E-state index in [1.165, 1.54) is 0 Å². The predicted octanol–water partition coefficient (Wildman–Crippen LogP) is 3.56. The van der Waals surface area contributed by atoms with Gasteiger partial charge in [0.15, 0.2) is 5.13 Å². The van der Waals surface area contributed by atoms with E-state index < -0.39 is 0 Å². The van der Waals surface area contributed by atoms with Gasteiger partial charge in [-0.15, -0.1) is 0 Å². The van der Waals surface area contributed by atoms with E-state index in [1.807, 2.05) is 12.1 Å². The molecule has 28 heavy (non-hydrogen) atoms. The summed E-state index contributed by atoms with van der Waals surface area (Å²) in [6, 6.07) is 9.22. The topological polar surface area (TPSA) is 76.6 Å². The van der Waals surface area contributed by atoms with Crippen LogP contribution in [0.3, 0.4) is 0 Å². The van der Waals surface area contributed by atoms with Gasteiger partial charge in [-0.1, -0.05) is 11.3 Å². The van der Waals surface area contributed by atoms with Gasteiger partial charge in [0.1, 0.15) is 21.8 Å². The number of ether oxygens (including phenoxy) is 2. The molecule has 1 atom stereocenters. The van der Waals surface area contributed by atoms with E-state index in [4.69, 9.17) is 9.47 Å². The number of benzene rings is 1. The van der Waals surface area contributed by atoms with E-state index in [-0.39, 0.29) is 11.8 Å². The van der Waals surface area contributed by atoms with Gasteiger partial charge in [0.05, 0.1) is 25.8 Å². The van der Waals surface area contributed by atoms with Crippen LogP contribution < -0.4 is 19.7 Å². The van der Waals surface area contributed by atoms with E-state index in [0.717, 1.165) is 34.9 Å². The number of carbonyl (C=O) groups is 1. The number of methoxy groups -OCH3 is 2. The summed E-state index contributed by atoms with van der Waals surface area (Å²) in [6.45, 7) is 1.53. The number of amides is 1. The number of carbonyl (C=O) groups excluding carboxylic acids is 1. The molecule has 1 aliphatic heterocycles. The molecule has 0 spiro atoms. The number of aromatic nitrogens is 2. The van der Waals surface area contributed by atoms with Crippen LogP contribution >= 0.6 is 11.3 Å². The summed E-state index contributed by atoms with van der Waals surface area (Å²) in [6.07, 6.45) is 3.56. The predicted molar refractivity (Wildman–Crippen MR) is 111 cm³/mol. The van der Waals surface area contributed by atoms with Crippen LogP contribution in [0.25, 0.3) is 10.3 Å². The summed E-state index contributed by atoms with van der Waals surface area (Å²) in [7, 11) is 3.18. The van der Waals surface area contributed by atoms with E-state index >= 15 is 0 Å². The summed E-state index contributed by atoms with van der Waals surface area (Å²) >= 11 is 1.57. The fourth-order valence-electron chi connectivity index (χ4n) is 3.41. The van der Waals surface area contributed by atoms with Crippen LogP contribution in [0.1, 0.15) is 12.8 Å². The van der Waals surface area contributed by atoms with Gasteiger partial charge in [-0.25, -0.2) is 9.97 Å². The summed E-state index contributed by atoms with van der Waals surface area (Å²) in [5.41, 5.74) is 1.52. The molecule has 0 aliphatic carbocycles. The third-order valence-corrected chi connectivity index (χ3v) is 5.92. The fraction of sp³-hybridized carbons (Fsp3) is 0.350. The number of hydrogen-bond donors (Lipinski definition) is 1. The van der Waals surface area contributed by atoms with E-state index in [1.54, 1.807) is 50.0 Å². The minimum atomic E-state index is -0.121. The van der Waals surface area contributed by atoms with Crippen molar-refractivity contribution < 1.29 is 14.3 Å². The minimum Gasteiger partial charge on any atom is -0.497 e. The molecule has 0 radical (unpaired) electrons. The molecule has 146 valence electrons. The molecule has 1 fully saturated rings. The van der Waals surface area contributed by atoms with Crippen LogP contribution in [0.5, 0.6) is 11.5 Å². The SMILES string of the molecule is COc1ccc(OC)c(NC(=O)[C@H]2CCCN(c3nc4cccnc4s3)C2)c1. The molecule has 8 heteroatoms. The number of rotatable bonds is 5. The number of nitrogens with zero attached hydrogens (tertiary/aromatic N) is 3. The molecule has 0 saturated carbocycles. The molecule has 1 N–H and O–H groups in total. The number of anilines is 2. The first-order valence-electron chi connectivity index (χ1n) is 9.17. The normalized spacial score (nSPS) is 16.8. The van der Waals surface area contributed by atoms with Gasteiger partial charge < -0.3 is 19.7 Å². The lowest BCUT2D eigenvalue weighted by Crippen LogP contribution is -2.40. The van der Waals surface area contributed by atoms with Crippen LogP contribution in [0, 0.1) is 5.92 Å². The van der Waals surface area contributed by atoms with Crippen molar-refractivity contribution in [3.05, 3.63) is 36.5 Å². The maximum Gasteiger partial charge on any atom is 0.229 e. The lowest BCUT2D eigenvalue weighted by molar-refractivity contribution is -0.120. The van der Waals surface area contributed by atoms with Crippen molar-refractivity contribution in [1.29, 1.82) is 0 Å². The number of piperidine rings is 1. The molecule has 4 rings (SSSR count). The summed E-state index contributed by atoms with van der Waals surface area (Å²) in [5.74, 6) is 1.14.